The van der Waals surface area contributed by atoms with E-state index in [2.05, 4.69) is 9.47 Å². The van der Waals surface area contributed by atoms with Crippen LogP contribution in [0, 0.1) is 0 Å². The first-order valence-corrected chi connectivity index (χ1v) is 3.44. The van der Waals surface area contributed by atoms with Crippen molar-refractivity contribution in [3.8, 4) is 0 Å². The van der Waals surface area contributed by atoms with Crippen molar-refractivity contribution in [2.75, 3.05) is 20.8 Å². The molecule has 0 aliphatic carbocycles. The minimum Gasteiger partial charge on any atom is -0.438 e. The van der Waals surface area contributed by atoms with E-state index < -0.39 is 6.16 Å². The summed E-state index contributed by atoms with van der Waals surface area (Å²) in [4.78, 5) is 10.4. The van der Waals surface area contributed by atoms with E-state index in [4.69, 9.17) is 4.74 Å². The van der Waals surface area contributed by atoms with Crippen LogP contribution in [-0.4, -0.2) is 33.1 Å². The molecule has 0 spiro atoms. The molecule has 1 atom stereocenters. The number of hydrogen-bond acceptors (Lipinski definition) is 4. The van der Waals surface area contributed by atoms with E-state index >= 15 is 0 Å². The Morgan fingerprint density at radius 1 is 1.45 bits per heavy atom. The molecule has 0 fully saturated rings. The van der Waals surface area contributed by atoms with Crippen LogP contribution in [0.4, 0.5) is 4.79 Å². The number of rotatable bonds is 4. The van der Waals surface area contributed by atoms with Crippen LogP contribution in [0.5, 0.6) is 0 Å². The van der Waals surface area contributed by atoms with Crippen molar-refractivity contribution >= 4 is 6.16 Å². The standard InChI is InChI=1S/C7H14O4/c1-6(9-2)4-5-11-7(8)10-3/h6H,4-5H2,1-3H3. The summed E-state index contributed by atoms with van der Waals surface area (Å²) in [5, 5.41) is 0. The summed E-state index contributed by atoms with van der Waals surface area (Å²) in [5.41, 5.74) is 0. The molecule has 0 aromatic heterocycles. The molecule has 0 aliphatic heterocycles. The van der Waals surface area contributed by atoms with Crippen LogP contribution in [0.3, 0.4) is 0 Å². The fourth-order valence-electron chi connectivity index (χ4n) is 0.485. The van der Waals surface area contributed by atoms with E-state index in [1.807, 2.05) is 6.92 Å². The highest BCUT2D eigenvalue weighted by atomic mass is 16.7. The molecule has 0 aromatic rings. The van der Waals surface area contributed by atoms with Gasteiger partial charge < -0.3 is 14.2 Å². The Labute approximate surface area is 66.4 Å². The molecule has 11 heavy (non-hydrogen) atoms. The molecular weight excluding hydrogens is 148 g/mol. The predicted octanol–water partition coefficient (Wildman–Crippen LogP) is 1.19. The Bertz CT molecular complexity index is 113. The van der Waals surface area contributed by atoms with E-state index in [1.54, 1.807) is 7.11 Å². The van der Waals surface area contributed by atoms with Gasteiger partial charge in [0.25, 0.3) is 0 Å². The van der Waals surface area contributed by atoms with Gasteiger partial charge in [-0.2, -0.15) is 0 Å². The maximum absolute atomic E-state index is 10.4. The molecule has 0 heterocycles. The lowest BCUT2D eigenvalue weighted by molar-refractivity contribution is 0.0484. The molecule has 0 amide bonds. The maximum Gasteiger partial charge on any atom is 0.507 e. The second-order valence-corrected chi connectivity index (χ2v) is 2.14. The summed E-state index contributed by atoms with van der Waals surface area (Å²) < 4.78 is 13.8. The second-order valence-electron chi connectivity index (χ2n) is 2.14. The van der Waals surface area contributed by atoms with Crippen LogP contribution in [-0.2, 0) is 14.2 Å². The van der Waals surface area contributed by atoms with Gasteiger partial charge in [-0.15, -0.1) is 0 Å². The van der Waals surface area contributed by atoms with Gasteiger partial charge in [0, 0.05) is 13.5 Å². The van der Waals surface area contributed by atoms with Crippen molar-refractivity contribution in [1.29, 1.82) is 0 Å². The Morgan fingerprint density at radius 2 is 2.09 bits per heavy atom. The first-order valence-electron chi connectivity index (χ1n) is 3.44. The fraction of sp³-hybridized carbons (Fsp3) is 0.857. The number of carbonyl (C=O) groups is 1. The molecule has 0 bridgehead atoms. The monoisotopic (exact) mass is 162 g/mol. The number of methoxy groups -OCH3 is 2. The van der Waals surface area contributed by atoms with E-state index in [0.29, 0.717) is 13.0 Å². The highest BCUT2D eigenvalue weighted by Gasteiger charge is 2.02. The number of hydrogen-bond donors (Lipinski definition) is 0. The third kappa shape index (κ3) is 5.66. The van der Waals surface area contributed by atoms with Crippen LogP contribution >= 0.6 is 0 Å². The normalized spacial score (nSPS) is 12.3. The molecule has 0 saturated carbocycles. The molecule has 4 heteroatoms. The van der Waals surface area contributed by atoms with Crippen molar-refractivity contribution in [3.05, 3.63) is 0 Å². The molecule has 0 aromatic carbocycles. The Hall–Kier alpha value is -0.770. The third-order valence-corrected chi connectivity index (χ3v) is 1.31. The minimum absolute atomic E-state index is 0.111. The second kappa shape index (κ2) is 5.97. The van der Waals surface area contributed by atoms with Crippen LogP contribution in [0.25, 0.3) is 0 Å². The van der Waals surface area contributed by atoms with Crippen LogP contribution in [0.15, 0.2) is 0 Å². The van der Waals surface area contributed by atoms with Crippen molar-refractivity contribution in [1.82, 2.24) is 0 Å². The summed E-state index contributed by atoms with van der Waals surface area (Å²) in [6.45, 7) is 2.24. The van der Waals surface area contributed by atoms with Gasteiger partial charge in [-0.25, -0.2) is 4.79 Å². The summed E-state index contributed by atoms with van der Waals surface area (Å²) in [6, 6.07) is 0. The molecule has 0 N–H and O–H groups in total. The van der Waals surface area contributed by atoms with E-state index in [0.717, 1.165) is 0 Å². The Kier molecular flexibility index (Phi) is 5.56. The summed E-state index contributed by atoms with van der Waals surface area (Å²) in [5.74, 6) is 0. The third-order valence-electron chi connectivity index (χ3n) is 1.31. The van der Waals surface area contributed by atoms with Gasteiger partial charge in [0.05, 0.1) is 19.8 Å². The lowest BCUT2D eigenvalue weighted by Crippen LogP contribution is -2.12. The fourth-order valence-corrected chi connectivity index (χ4v) is 0.485. The molecule has 0 radical (unpaired) electrons. The van der Waals surface area contributed by atoms with Crippen LogP contribution in [0.2, 0.25) is 0 Å². The van der Waals surface area contributed by atoms with Gasteiger partial charge >= 0.3 is 6.16 Å². The van der Waals surface area contributed by atoms with Gasteiger partial charge in [-0.1, -0.05) is 0 Å². The average molecular weight is 162 g/mol. The molecule has 4 nitrogen and oxygen atoms in total. The quantitative estimate of drug-likeness (QED) is 0.582. The maximum atomic E-state index is 10.4. The highest BCUT2D eigenvalue weighted by Crippen LogP contribution is 1.95. The van der Waals surface area contributed by atoms with Gasteiger partial charge in [0.1, 0.15) is 0 Å². The van der Waals surface area contributed by atoms with Gasteiger partial charge in [-0.3, -0.25) is 0 Å². The molecule has 0 aliphatic rings. The van der Waals surface area contributed by atoms with E-state index in [1.165, 1.54) is 7.11 Å². The average Bonchev–Trinajstić information content (AvgIpc) is 2.04. The summed E-state index contributed by atoms with van der Waals surface area (Å²) in [7, 11) is 2.89. The van der Waals surface area contributed by atoms with E-state index in [-0.39, 0.29) is 6.10 Å². The molecule has 0 saturated heterocycles. The number of ether oxygens (including phenoxy) is 3. The Morgan fingerprint density at radius 3 is 2.55 bits per heavy atom. The minimum atomic E-state index is -0.645. The van der Waals surface area contributed by atoms with Crippen molar-refractivity contribution in [3.63, 3.8) is 0 Å². The Balaban J connectivity index is 3.20. The predicted molar refractivity (Wildman–Crippen MR) is 39.4 cm³/mol. The van der Waals surface area contributed by atoms with Crippen molar-refractivity contribution in [2.45, 2.75) is 19.4 Å². The van der Waals surface area contributed by atoms with Crippen molar-refractivity contribution < 1.29 is 19.0 Å². The molecule has 0 rings (SSSR count). The zero-order chi connectivity index (χ0) is 8.69. The van der Waals surface area contributed by atoms with Crippen molar-refractivity contribution in [2.24, 2.45) is 0 Å². The first kappa shape index (κ1) is 10.2. The van der Waals surface area contributed by atoms with Crippen LogP contribution in [0.1, 0.15) is 13.3 Å². The number of carbonyl (C=O) groups excluding carboxylic acids is 1. The lowest BCUT2D eigenvalue weighted by atomic mass is 10.3. The van der Waals surface area contributed by atoms with E-state index in [9.17, 15) is 4.79 Å². The van der Waals surface area contributed by atoms with Gasteiger partial charge in [0.2, 0.25) is 0 Å². The smallest absolute Gasteiger partial charge is 0.438 e. The molecule has 1 unspecified atom stereocenters. The molecule has 66 valence electrons. The topological polar surface area (TPSA) is 44.8 Å². The van der Waals surface area contributed by atoms with Crippen LogP contribution < -0.4 is 0 Å². The first-order chi connectivity index (χ1) is 5.20. The largest absolute Gasteiger partial charge is 0.507 e. The van der Waals surface area contributed by atoms with Gasteiger partial charge in [-0.05, 0) is 6.92 Å². The summed E-state index contributed by atoms with van der Waals surface area (Å²) in [6.07, 6.45) is 0.152. The SMILES string of the molecule is COC(=O)OCCC(C)OC. The zero-order valence-corrected chi connectivity index (χ0v) is 7.12. The van der Waals surface area contributed by atoms with Gasteiger partial charge in [0.15, 0.2) is 0 Å². The highest BCUT2D eigenvalue weighted by molar-refractivity contribution is 5.59. The zero-order valence-electron chi connectivity index (χ0n) is 7.12. The molecular formula is C7H14O4. The lowest BCUT2D eigenvalue weighted by Gasteiger charge is -2.08. The summed E-state index contributed by atoms with van der Waals surface area (Å²) >= 11 is 0.